The molecule has 1 atom stereocenters. The summed E-state index contributed by atoms with van der Waals surface area (Å²) in [5.41, 5.74) is 3.46. The number of carbonyl (C=O) groups excluding carboxylic acids is 1. The SMILES string of the molecule is CCCC(CCc1cccc2c1CCc1sc(NC(=O)c3cc(F)c(C=C(C)C(=O)O)c(F)c3)nc1-2)OC. The van der Waals surface area contributed by atoms with Gasteiger partial charge in [0.25, 0.3) is 5.91 Å². The summed E-state index contributed by atoms with van der Waals surface area (Å²) in [7, 11) is 1.76. The van der Waals surface area contributed by atoms with Crippen molar-refractivity contribution < 1.29 is 28.2 Å². The summed E-state index contributed by atoms with van der Waals surface area (Å²) in [4.78, 5) is 29.5. The number of aliphatic carboxylic acids is 1. The number of carboxylic acid groups (broad SMARTS) is 1. The largest absolute Gasteiger partial charge is 0.478 e. The van der Waals surface area contributed by atoms with E-state index in [0.717, 1.165) is 72.9 Å². The molecule has 6 nitrogen and oxygen atoms in total. The Morgan fingerprint density at radius 3 is 2.61 bits per heavy atom. The highest BCUT2D eigenvalue weighted by molar-refractivity contribution is 7.16. The van der Waals surface area contributed by atoms with Gasteiger partial charge in [0, 0.05) is 34.3 Å². The maximum atomic E-state index is 14.5. The second-order valence-electron chi connectivity index (χ2n) is 9.36. The van der Waals surface area contributed by atoms with Crippen LogP contribution in [0.2, 0.25) is 0 Å². The van der Waals surface area contributed by atoms with Crippen LogP contribution in [0.3, 0.4) is 0 Å². The molecule has 4 rings (SSSR count). The van der Waals surface area contributed by atoms with Crippen LogP contribution in [-0.2, 0) is 28.8 Å². The molecule has 0 bridgehead atoms. The smallest absolute Gasteiger partial charge is 0.331 e. The molecule has 1 aliphatic rings. The van der Waals surface area contributed by atoms with Crippen LogP contribution in [0.5, 0.6) is 0 Å². The van der Waals surface area contributed by atoms with Gasteiger partial charge in [-0.25, -0.2) is 18.6 Å². The lowest BCUT2D eigenvalue weighted by molar-refractivity contribution is -0.132. The van der Waals surface area contributed by atoms with Crippen molar-refractivity contribution in [1.82, 2.24) is 4.98 Å². The van der Waals surface area contributed by atoms with E-state index in [4.69, 9.17) is 9.84 Å². The van der Waals surface area contributed by atoms with Gasteiger partial charge in [0.15, 0.2) is 5.13 Å². The van der Waals surface area contributed by atoms with E-state index in [2.05, 4.69) is 23.3 Å². The van der Waals surface area contributed by atoms with E-state index in [9.17, 15) is 18.4 Å². The van der Waals surface area contributed by atoms with Gasteiger partial charge >= 0.3 is 5.97 Å². The van der Waals surface area contributed by atoms with Gasteiger partial charge in [-0.15, -0.1) is 11.3 Å². The number of benzene rings is 2. The number of methoxy groups -OCH3 is 1. The number of anilines is 1. The number of ether oxygens (including phenoxy) is 1. The molecule has 2 N–H and O–H groups in total. The quantitative estimate of drug-likeness (QED) is 0.280. The topological polar surface area (TPSA) is 88.5 Å². The van der Waals surface area contributed by atoms with Crippen molar-refractivity contribution in [3.8, 4) is 11.3 Å². The maximum Gasteiger partial charge on any atom is 0.331 e. The van der Waals surface area contributed by atoms with E-state index in [1.54, 1.807) is 7.11 Å². The lowest BCUT2D eigenvalue weighted by Gasteiger charge is -2.20. The first kappa shape index (κ1) is 27.6. The fourth-order valence-corrected chi connectivity index (χ4v) is 5.70. The summed E-state index contributed by atoms with van der Waals surface area (Å²) >= 11 is 1.35. The highest BCUT2D eigenvalue weighted by atomic mass is 32.1. The molecule has 38 heavy (non-hydrogen) atoms. The Kier molecular flexibility index (Phi) is 8.69. The maximum absolute atomic E-state index is 14.5. The Balaban J connectivity index is 1.53. The number of hydrogen-bond donors (Lipinski definition) is 2. The number of thiazole rings is 1. The normalized spacial score (nSPS) is 13.6. The molecule has 0 fully saturated rings. The minimum Gasteiger partial charge on any atom is -0.478 e. The number of carbonyl (C=O) groups is 2. The Morgan fingerprint density at radius 1 is 1.21 bits per heavy atom. The average molecular weight is 541 g/mol. The fraction of sp³-hybridized carbons (Fsp3) is 0.345. The second-order valence-corrected chi connectivity index (χ2v) is 10.4. The summed E-state index contributed by atoms with van der Waals surface area (Å²) in [6.07, 6.45) is 6.77. The third kappa shape index (κ3) is 6.00. The Labute approximate surface area is 224 Å². The first-order valence-corrected chi connectivity index (χ1v) is 13.4. The average Bonchev–Trinajstić information content (AvgIpc) is 3.31. The predicted molar refractivity (Wildman–Crippen MR) is 145 cm³/mol. The zero-order chi connectivity index (χ0) is 27.4. The van der Waals surface area contributed by atoms with Crippen molar-refractivity contribution in [2.24, 2.45) is 0 Å². The van der Waals surface area contributed by atoms with E-state index in [0.29, 0.717) is 5.13 Å². The standard InChI is InChI=1S/C29H30F2N2O4S/c1-4-6-19(37-3)10-9-17-7-5-8-21-20(17)11-12-25-26(21)32-29(38-25)33-27(34)18-14-23(30)22(24(31)15-18)13-16(2)28(35)36/h5,7-8,13-15,19H,4,6,9-12H2,1-3H3,(H,35,36)(H,32,33,34). The first-order chi connectivity index (χ1) is 18.2. The van der Waals surface area contributed by atoms with E-state index in [-0.39, 0.29) is 17.2 Å². The van der Waals surface area contributed by atoms with Crippen molar-refractivity contribution >= 4 is 34.4 Å². The molecule has 1 unspecified atom stereocenters. The van der Waals surface area contributed by atoms with Crippen LogP contribution >= 0.6 is 11.3 Å². The number of nitrogens with one attached hydrogen (secondary N) is 1. The van der Waals surface area contributed by atoms with Gasteiger partial charge < -0.3 is 9.84 Å². The van der Waals surface area contributed by atoms with Gasteiger partial charge in [0.2, 0.25) is 0 Å². The van der Waals surface area contributed by atoms with E-state index >= 15 is 0 Å². The second kappa shape index (κ2) is 12.0. The highest BCUT2D eigenvalue weighted by Crippen LogP contribution is 2.40. The molecule has 1 amide bonds. The first-order valence-electron chi connectivity index (χ1n) is 12.6. The van der Waals surface area contributed by atoms with Gasteiger partial charge in [0.05, 0.1) is 11.8 Å². The van der Waals surface area contributed by atoms with Gasteiger partial charge in [0.1, 0.15) is 11.6 Å². The lowest BCUT2D eigenvalue weighted by Crippen LogP contribution is -2.13. The number of fused-ring (bicyclic) bond motifs is 3. The Bertz CT molecular complexity index is 1380. The third-order valence-corrected chi connectivity index (χ3v) is 7.80. The van der Waals surface area contributed by atoms with Gasteiger partial charge in [-0.05, 0) is 68.4 Å². The molecule has 0 radical (unpaired) electrons. The Hall–Kier alpha value is -3.43. The summed E-state index contributed by atoms with van der Waals surface area (Å²) in [6.45, 7) is 3.38. The number of aryl methyl sites for hydroxylation is 2. The highest BCUT2D eigenvalue weighted by Gasteiger charge is 2.24. The van der Waals surface area contributed by atoms with E-state index in [1.807, 2.05) is 12.1 Å². The minimum atomic E-state index is -1.29. The van der Waals surface area contributed by atoms with Gasteiger partial charge in [-0.3, -0.25) is 10.1 Å². The van der Waals surface area contributed by atoms with Crippen molar-refractivity contribution in [2.75, 3.05) is 12.4 Å². The number of nitrogens with zero attached hydrogens (tertiary/aromatic N) is 1. The summed E-state index contributed by atoms with van der Waals surface area (Å²) < 4.78 is 34.7. The number of rotatable bonds is 10. The summed E-state index contributed by atoms with van der Waals surface area (Å²) in [5, 5.41) is 12.0. The van der Waals surface area contributed by atoms with Crippen LogP contribution < -0.4 is 5.32 Å². The monoisotopic (exact) mass is 540 g/mol. The fourth-order valence-electron chi connectivity index (χ4n) is 4.73. The summed E-state index contributed by atoms with van der Waals surface area (Å²) in [5.74, 6) is -4.03. The summed E-state index contributed by atoms with van der Waals surface area (Å²) in [6, 6.07) is 7.99. The number of carboxylic acids is 1. The van der Waals surface area contributed by atoms with Crippen LogP contribution in [0.4, 0.5) is 13.9 Å². The predicted octanol–water partition coefficient (Wildman–Crippen LogP) is 6.67. The lowest BCUT2D eigenvalue weighted by atomic mass is 9.87. The van der Waals surface area contributed by atoms with Gasteiger partial charge in [-0.1, -0.05) is 31.5 Å². The molecule has 0 aliphatic heterocycles. The molecule has 2 aromatic carbocycles. The molecule has 0 saturated carbocycles. The van der Waals surface area contributed by atoms with Crippen LogP contribution in [0.25, 0.3) is 17.3 Å². The molecule has 1 heterocycles. The molecule has 1 aromatic heterocycles. The van der Waals surface area contributed by atoms with Crippen molar-refractivity contribution in [1.29, 1.82) is 0 Å². The van der Waals surface area contributed by atoms with Crippen molar-refractivity contribution in [3.63, 3.8) is 0 Å². The van der Waals surface area contributed by atoms with E-state index in [1.165, 1.54) is 29.4 Å². The molecule has 3 aromatic rings. The molecule has 9 heteroatoms. The zero-order valence-electron chi connectivity index (χ0n) is 21.6. The molecular formula is C29H30F2N2O4S. The van der Waals surface area contributed by atoms with E-state index < -0.39 is 29.1 Å². The number of halogens is 2. The third-order valence-electron chi connectivity index (χ3n) is 6.77. The number of hydrogen-bond acceptors (Lipinski definition) is 5. The Morgan fingerprint density at radius 2 is 1.95 bits per heavy atom. The minimum absolute atomic E-state index is 0.222. The molecular weight excluding hydrogens is 510 g/mol. The van der Waals surface area contributed by atoms with Crippen molar-refractivity contribution in [3.05, 3.63) is 74.7 Å². The molecule has 1 aliphatic carbocycles. The van der Waals surface area contributed by atoms with Crippen LogP contribution in [0.1, 0.15) is 65.0 Å². The van der Waals surface area contributed by atoms with Crippen LogP contribution in [0, 0.1) is 11.6 Å². The van der Waals surface area contributed by atoms with Crippen LogP contribution in [0.15, 0.2) is 35.9 Å². The van der Waals surface area contributed by atoms with Crippen LogP contribution in [-0.4, -0.2) is 35.2 Å². The molecule has 0 spiro atoms. The molecule has 200 valence electrons. The number of amides is 1. The number of aromatic nitrogens is 1. The van der Waals surface area contributed by atoms with Gasteiger partial charge in [-0.2, -0.15) is 0 Å². The van der Waals surface area contributed by atoms with Crippen molar-refractivity contribution in [2.45, 2.75) is 58.5 Å². The zero-order valence-corrected chi connectivity index (χ0v) is 22.4. The molecule has 0 saturated heterocycles.